The van der Waals surface area contributed by atoms with Crippen molar-refractivity contribution in [3.05, 3.63) is 65.9 Å². The highest BCUT2D eigenvalue weighted by Crippen LogP contribution is 2.37. The molecule has 1 N–H and O–H groups in total. The molecule has 5 heterocycles. The van der Waals surface area contributed by atoms with E-state index in [4.69, 9.17) is 9.26 Å². The summed E-state index contributed by atoms with van der Waals surface area (Å²) >= 11 is 0. The van der Waals surface area contributed by atoms with Crippen molar-refractivity contribution >= 4 is 28.2 Å². The van der Waals surface area contributed by atoms with Crippen LogP contribution in [0.15, 0.2) is 53.3 Å². The predicted octanol–water partition coefficient (Wildman–Crippen LogP) is 3.53. The van der Waals surface area contributed by atoms with Crippen LogP contribution >= 0.6 is 0 Å². The van der Waals surface area contributed by atoms with Gasteiger partial charge in [-0.05, 0) is 49.9 Å². The second kappa shape index (κ2) is 9.57. The van der Waals surface area contributed by atoms with Gasteiger partial charge in [0.1, 0.15) is 17.4 Å². The fraction of sp³-hybridized carbons (Fsp3) is 0.360. The Kier molecular flexibility index (Phi) is 6.12. The summed E-state index contributed by atoms with van der Waals surface area (Å²) in [5, 5.41) is 7.27. The topological polar surface area (TPSA) is 115 Å². The van der Waals surface area contributed by atoms with Gasteiger partial charge in [-0.15, -0.1) is 0 Å². The van der Waals surface area contributed by atoms with E-state index >= 15 is 0 Å². The molecule has 3 aromatic heterocycles. The van der Waals surface area contributed by atoms with Crippen LogP contribution in [0.2, 0.25) is 0 Å². The number of imidazole rings is 1. The normalized spacial score (nSPS) is 19.8. The summed E-state index contributed by atoms with van der Waals surface area (Å²) in [5.74, 6) is 0.635. The molecule has 1 amide bonds. The number of carbonyl (C=O) groups is 1. The number of nitrogens with zero attached hydrogens (tertiary/aromatic N) is 5. The van der Waals surface area contributed by atoms with Crippen LogP contribution in [-0.2, 0) is 15.7 Å². The van der Waals surface area contributed by atoms with E-state index < -0.39 is 11.0 Å². The average Bonchev–Trinajstić information content (AvgIpc) is 3.53. The van der Waals surface area contributed by atoms with Gasteiger partial charge in [-0.1, -0.05) is 23.4 Å². The number of rotatable bonds is 6. The molecule has 0 aliphatic carbocycles. The predicted molar refractivity (Wildman–Crippen MR) is 134 cm³/mol. The summed E-state index contributed by atoms with van der Waals surface area (Å²) in [5.41, 5.74) is 3.43. The van der Waals surface area contributed by atoms with Crippen LogP contribution in [0.1, 0.15) is 47.2 Å². The number of hydrogen-bond donors (Lipinski definition) is 1. The van der Waals surface area contributed by atoms with E-state index in [9.17, 15) is 9.00 Å². The van der Waals surface area contributed by atoms with E-state index in [1.165, 1.54) is 0 Å². The molecule has 11 heteroatoms. The first-order valence-corrected chi connectivity index (χ1v) is 13.2. The number of amides is 1. The van der Waals surface area contributed by atoms with Gasteiger partial charge in [0.25, 0.3) is 5.91 Å². The molecule has 0 saturated carbocycles. The van der Waals surface area contributed by atoms with Crippen LogP contribution in [-0.4, -0.2) is 59.0 Å². The van der Waals surface area contributed by atoms with Gasteiger partial charge in [0.2, 0.25) is 11.7 Å². The van der Waals surface area contributed by atoms with Crippen molar-refractivity contribution in [2.24, 2.45) is 0 Å². The lowest BCUT2D eigenvalue weighted by atomic mass is 10.1. The Morgan fingerprint density at radius 2 is 2.03 bits per heavy atom. The summed E-state index contributed by atoms with van der Waals surface area (Å²) in [6, 6.07) is 11.1. The number of hydrogen-bond acceptors (Lipinski definition) is 7. The highest BCUT2D eigenvalue weighted by molar-refractivity contribution is 7.83. The van der Waals surface area contributed by atoms with Crippen molar-refractivity contribution in [1.29, 1.82) is 0 Å². The minimum Gasteiger partial charge on any atom is -0.381 e. The van der Waals surface area contributed by atoms with Gasteiger partial charge in [0.05, 0.1) is 22.4 Å². The van der Waals surface area contributed by atoms with Crippen molar-refractivity contribution in [2.75, 3.05) is 25.1 Å². The Bertz CT molecular complexity index is 1440. The van der Waals surface area contributed by atoms with Crippen LogP contribution in [0, 0.1) is 6.92 Å². The van der Waals surface area contributed by atoms with Crippen LogP contribution in [0.4, 0.5) is 5.69 Å². The number of ether oxygens (including phenoxy) is 1. The maximum Gasteiger partial charge on any atom is 0.274 e. The lowest BCUT2D eigenvalue weighted by molar-refractivity contribution is 0.0956. The zero-order valence-electron chi connectivity index (χ0n) is 19.8. The lowest BCUT2D eigenvalue weighted by Crippen LogP contribution is -2.46. The molecule has 10 nitrogen and oxygen atoms in total. The van der Waals surface area contributed by atoms with Crippen LogP contribution in [0.3, 0.4) is 0 Å². The molecule has 2 unspecified atom stereocenters. The zero-order chi connectivity index (χ0) is 24.6. The van der Waals surface area contributed by atoms with Crippen molar-refractivity contribution < 1.29 is 18.3 Å². The molecule has 2 fully saturated rings. The molecule has 6 rings (SSSR count). The average molecular weight is 507 g/mol. The minimum atomic E-state index is -1.10. The van der Waals surface area contributed by atoms with Gasteiger partial charge < -0.3 is 14.6 Å². The minimum absolute atomic E-state index is 0.111. The first-order chi connectivity index (χ1) is 17.6. The number of pyridine rings is 1. The molecule has 2 aliphatic rings. The second-order valence-electron chi connectivity index (χ2n) is 9.05. The fourth-order valence-corrected chi connectivity index (χ4v) is 6.28. The van der Waals surface area contributed by atoms with E-state index in [1.807, 2.05) is 47.6 Å². The summed E-state index contributed by atoms with van der Waals surface area (Å²) in [7, 11) is -1.10. The van der Waals surface area contributed by atoms with Crippen LogP contribution in [0.5, 0.6) is 0 Å². The Morgan fingerprint density at radius 3 is 2.83 bits per heavy atom. The third-order valence-corrected chi connectivity index (χ3v) is 8.72. The SMILES string of the molecule is Cc1ccc(-c2noc(C3CCN3S(=O)C3CCOCC3)n2)cc1NC(=O)c1cnc2ccccn12. The third kappa shape index (κ3) is 4.23. The summed E-state index contributed by atoms with van der Waals surface area (Å²) in [4.78, 5) is 21.9. The quantitative estimate of drug-likeness (QED) is 0.425. The van der Waals surface area contributed by atoms with E-state index in [2.05, 4.69) is 20.4 Å². The number of aromatic nitrogens is 4. The molecular weight excluding hydrogens is 480 g/mol. The highest BCUT2D eigenvalue weighted by Gasteiger charge is 2.40. The smallest absolute Gasteiger partial charge is 0.274 e. The van der Waals surface area contributed by atoms with E-state index in [0.29, 0.717) is 42.0 Å². The van der Waals surface area contributed by atoms with Gasteiger partial charge in [-0.3, -0.25) is 9.20 Å². The van der Waals surface area contributed by atoms with Gasteiger partial charge in [0.15, 0.2) is 0 Å². The Balaban J connectivity index is 1.19. The molecule has 0 spiro atoms. The van der Waals surface area contributed by atoms with E-state index in [0.717, 1.165) is 36.9 Å². The molecular formula is C25H26N6O4S. The molecule has 0 radical (unpaired) electrons. The van der Waals surface area contributed by atoms with Crippen molar-refractivity contribution in [1.82, 2.24) is 23.8 Å². The van der Waals surface area contributed by atoms with Gasteiger partial charge in [0, 0.05) is 37.2 Å². The lowest BCUT2D eigenvalue weighted by Gasteiger charge is -2.39. The summed E-state index contributed by atoms with van der Waals surface area (Å²) in [6.07, 6.45) is 5.80. The van der Waals surface area contributed by atoms with Crippen LogP contribution in [0.25, 0.3) is 17.0 Å². The molecule has 1 aromatic carbocycles. The summed E-state index contributed by atoms with van der Waals surface area (Å²) < 4.78 is 27.7. The standard InChI is InChI=1S/C25H26N6O4S/c1-16-5-6-17(14-19(16)27-24(32)21-15-26-22-4-2-3-10-30(21)22)23-28-25(35-29-23)20-7-11-31(20)36(33)18-8-12-34-13-9-18/h2-6,10,14-15,18,20H,7-9,11-13H2,1H3,(H,27,32). The second-order valence-corrected chi connectivity index (χ2v) is 10.7. The maximum atomic E-state index is 13.1. The number of aryl methyl sites for hydroxylation is 1. The Labute approximate surface area is 210 Å². The third-order valence-electron chi connectivity index (χ3n) is 6.78. The maximum absolute atomic E-state index is 13.1. The number of nitrogens with one attached hydrogen (secondary N) is 1. The van der Waals surface area contributed by atoms with Gasteiger partial charge in [-0.25, -0.2) is 13.5 Å². The number of anilines is 1. The van der Waals surface area contributed by atoms with Crippen LogP contribution < -0.4 is 5.32 Å². The summed E-state index contributed by atoms with van der Waals surface area (Å²) in [6.45, 7) is 3.98. The molecule has 4 aromatic rings. The Morgan fingerprint density at radius 1 is 1.17 bits per heavy atom. The number of benzene rings is 1. The van der Waals surface area contributed by atoms with Crippen molar-refractivity contribution in [2.45, 2.75) is 37.5 Å². The molecule has 0 bridgehead atoms. The monoisotopic (exact) mass is 506 g/mol. The molecule has 2 saturated heterocycles. The highest BCUT2D eigenvalue weighted by atomic mass is 32.2. The molecule has 2 atom stereocenters. The molecule has 2 aliphatic heterocycles. The van der Waals surface area contributed by atoms with E-state index in [-0.39, 0.29) is 17.2 Å². The number of carbonyl (C=O) groups excluding carboxylic acids is 1. The Hall–Kier alpha value is -3.41. The van der Waals surface area contributed by atoms with E-state index in [1.54, 1.807) is 16.8 Å². The van der Waals surface area contributed by atoms with Gasteiger partial charge in [-0.2, -0.15) is 4.98 Å². The first-order valence-electron chi connectivity index (χ1n) is 12.0. The first kappa shape index (κ1) is 23.0. The van der Waals surface area contributed by atoms with Crippen molar-refractivity contribution in [3.63, 3.8) is 0 Å². The fourth-order valence-electron chi connectivity index (χ4n) is 4.57. The molecule has 186 valence electrons. The molecule has 36 heavy (non-hydrogen) atoms. The zero-order valence-corrected chi connectivity index (χ0v) is 20.6. The van der Waals surface area contributed by atoms with Crippen molar-refractivity contribution in [3.8, 4) is 11.4 Å². The largest absolute Gasteiger partial charge is 0.381 e. The van der Waals surface area contributed by atoms with Gasteiger partial charge >= 0.3 is 0 Å². The number of fused-ring (bicyclic) bond motifs is 1.